The molecule has 0 amide bonds. The van der Waals surface area contributed by atoms with Crippen LogP contribution in [0.15, 0.2) is 22.7 Å². The molecule has 7 aliphatic heterocycles. The Balaban J connectivity index is 1.49. The van der Waals surface area contributed by atoms with E-state index in [1.54, 1.807) is 12.7 Å². The van der Waals surface area contributed by atoms with Gasteiger partial charge in [0, 0.05) is 36.2 Å². The third-order valence-corrected chi connectivity index (χ3v) is 7.89. The molecule has 5 saturated heterocycles. The van der Waals surface area contributed by atoms with Crippen molar-refractivity contribution in [3.05, 3.63) is 23.3 Å². The minimum Gasteiger partial charge on any atom is -0.492 e. The SMILES string of the molecule is C/C=C1/CN2[C@H]3C[C@@H]1C1COC4=Nc5cc6c(c(OC)c5[C@]43C[C@@H]12)OCO6. The summed E-state index contributed by atoms with van der Waals surface area (Å²) in [6.07, 6.45) is 4.57. The van der Waals surface area contributed by atoms with E-state index in [9.17, 15) is 0 Å². The van der Waals surface area contributed by atoms with Crippen molar-refractivity contribution in [1.82, 2.24) is 4.90 Å². The fourth-order valence-corrected chi connectivity index (χ4v) is 6.89. The number of hydrogen-bond acceptors (Lipinski definition) is 6. The third kappa shape index (κ3) is 1.47. The molecule has 6 atom stereocenters. The second-order valence-corrected chi connectivity index (χ2v) is 8.57. The number of fused-ring (bicyclic) bond motifs is 3. The summed E-state index contributed by atoms with van der Waals surface area (Å²) in [5.74, 6) is 4.33. The molecule has 7 aliphatic rings. The van der Waals surface area contributed by atoms with Gasteiger partial charge in [-0.3, -0.25) is 4.90 Å². The quantitative estimate of drug-likeness (QED) is 0.716. The minimum atomic E-state index is -0.213. The highest BCUT2D eigenvalue weighted by molar-refractivity contribution is 6.00. The number of hydrogen-bond donors (Lipinski definition) is 0. The summed E-state index contributed by atoms with van der Waals surface area (Å²) in [7, 11) is 1.72. The zero-order chi connectivity index (χ0) is 17.9. The Morgan fingerprint density at radius 2 is 2.26 bits per heavy atom. The summed E-state index contributed by atoms with van der Waals surface area (Å²) in [6, 6.07) is 2.98. The van der Waals surface area contributed by atoms with Gasteiger partial charge in [-0.05, 0) is 25.7 Å². The van der Waals surface area contributed by atoms with E-state index in [0.29, 0.717) is 23.9 Å². The summed E-state index contributed by atoms with van der Waals surface area (Å²) in [5, 5.41) is 0. The van der Waals surface area contributed by atoms with Crippen molar-refractivity contribution in [2.45, 2.75) is 37.3 Å². The molecular formula is C21H22N2O4. The minimum absolute atomic E-state index is 0.213. The highest BCUT2D eigenvalue weighted by Crippen LogP contribution is 2.66. The number of rotatable bonds is 1. The Labute approximate surface area is 157 Å². The van der Waals surface area contributed by atoms with E-state index in [1.807, 2.05) is 6.07 Å². The number of piperidine rings is 3. The molecule has 1 aromatic rings. The molecule has 140 valence electrons. The fourth-order valence-electron chi connectivity index (χ4n) is 6.89. The largest absolute Gasteiger partial charge is 0.492 e. The Kier molecular flexibility index (Phi) is 2.53. The van der Waals surface area contributed by atoms with Gasteiger partial charge >= 0.3 is 0 Å². The molecule has 6 heteroatoms. The van der Waals surface area contributed by atoms with Crippen LogP contribution in [0.1, 0.15) is 25.3 Å². The lowest BCUT2D eigenvalue weighted by Crippen LogP contribution is -2.61. The Morgan fingerprint density at radius 3 is 3.11 bits per heavy atom. The monoisotopic (exact) mass is 366 g/mol. The molecule has 0 radical (unpaired) electrons. The van der Waals surface area contributed by atoms with Gasteiger partial charge in [-0.1, -0.05) is 11.6 Å². The van der Waals surface area contributed by atoms with Gasteiger partial charge < -0.3 is 18.9 Å². The van der Waals surface area contributed by atoms with Crippen molar-refractivity contribution in [3.63, 3.8) is 0 Å². The first kappa shape index (κ1) is 14.8. The van der Waals surface area contributed by atoms with Gasteiger partial charge in [0.1, 0.15) is 0 Å². The number of aliphatic imine (C=N–C) groups is 1. The van der Waals surface area contributed by atoms with E-state index in [4.69, 9.17) is 23.9 Å². The molecule has 1 aromatic carbocycles. The van der Waals surface area contributed by atoms with Crippen LogP contribution in [0.2, 0.25) is 0 Å². The molecule has 8 rings (SSSR count). The number of nitrogens with zero attached hydrogens (tertiary/aromatic N) is 2. The lowest BCUT2D eigenvalue weighted by molar-refractivity contribution is -0.0152. The van der Waals surface area contributed by atoms with Crippen molar-refractivity contribution in [1.29, 1.82) is 0 Å². The molecule has 0 aromatic heterocycles. The maximum absolute atomic E-state index is 6.40. The van der Waals surface area contributed by atoms with E-state index < -0.39 is 0 Å². The Bertz CT molecular complexity index is 954. The number of allylic oxidation sites excluding steroid dienone is 1. The molecule has 5 fully saturated rings. The number of ether oxygens (including phenoxy) is 4. The van der Waals surface area contributed by atoms with Gasteiger partial charge in [0.25, 0.3) is 0 Å². The first-order valence-electron chi connectivity index (χ1n) is 9.90. The van der Waals surface area contributed by atoms with Crippen molar-refractivity contribution < 1.29 is 18.9 Å². The lowest BCUT2D eigenvalue weighted by atomic mass is 9.68. The van der Waals surface area contributed by atoms with Crippen LogP contribution in [0.25, 0.3) is 0 Å². The number of methoxy groups -OCH3 is 1. The van der Waals surface area contributed by atoms with Crippen LogP contribution in [0.4, 0.5) is 5.69 Å². The van der Waals surface area contributed by atoms with Gasteiger partial charge in [-0.2, -0.15) is 0 Å². The normalized spacial score (nSPS) is 42.7. The van der Waals surface area contributed by atoms with E-state index in [2.05, 4.69) is 17.9 Å². The molecule has 0 N–H and O–H groups in total. The van der Waals surface area contributed by atoms with Crippen LogP contribution in [0.5, 0.6) is 17.2 Å². The van der Waals surface area contributed by atoms with Gasteiger partial charge in [0.15, 0.2) is 11.5 Å². The molecule has 27 heavy (non-hydrogen) atoms. The average molecular weight is 366 g/mol. The molecule has 0 saturated carbocycles. The molecular weight excluding hydrogens is 344 g/mol. The van der Waals surface area contributed by atoms with Crippen LogP contribution in [0, 0.1) is 11.8 Å². The van der Waals surface area contributed by atoms with Gasteiger partial charge in [-0.15, -0.1) is 0 Å². The Hall–Kier alpha value is -2.21. The second-order valence-electron chi connectivity index (χ2n) is 8.57. The predicted molar refractivity (Wildman–Crippen MR) is 98.1 cm³/mol. The first-order chi connectivity index (χ1) is 13.3. The summed E-state index contributed by atoms with van der Waals surface area (Å²) in [6.45, 7) is 4.27. The van der Waals surface area contributed by atoms with Crippen LogP contribution < -0.4 is 14.2 Å². The van der Waals surface area contributed by atoms with Crippen LogP contribution in [0.3, 0.4) is 0 Å². The maximum Gasteiger partial charge on any atom is 0.231 e. The van der Waals surface area contributed by atoms with Crippen molar-refractivity contribution in [2.24, 2.45) is 16.8 Å². The zero-order valence-electron chi connectivity index (χ0n) is 15.5. The molecule has 1 spiro atoms. The topological polar surface area (TPSA) is 52.5 Å². The van der Waals surface area contributed by atoms with E-state index in [-0.39, 0.29) is 12.2 Å². The van der Waals surface area contributed by atoms with E-state index >= 15 is 0 Å². The zero-order valence-corrected chi connectivity index (χ0v) is 15.5. The highest BCUT2D eigenvalue weighted by Gasteiger charge is 2.69. The van der Waals surface area contributed by atoms with Crippen molar-refractivity contribution >= 4 is 11.6 Å². The number of benzene rings is 1. The molecule has 7 heterocycles. The standard InChI is InChI=1S/C21H22N2O4/c1-3-10-7-23-14-6-21-16(23)4-11(10)12(14)8-25-20(21)22-13-5-15-18(27-9-26-15)19(24-2)17(13)21/h3,5,11-12,14,16H,4,6-9H2,1-2H3/b10-3-/t11-,12?,14-,16-,21+/m0/s1. The highest BCUT2D eigenvalue weighted by atomic mass is 16.7. The molecule has 6 nitrogen and oxygen atoms in total. The smallest absolute Gasteiger partial charge is 0.231 e. The first-order valence-corrected chi connectivity index (χ1v) is 9.90. The van der Waals surface area contributed by atoms with E-state index in [1.165, 1.54) is 6.42 Å². The summed E-state index contributed by atoms with van der Waals surface area (Å²) < 4.78 is 23.7. The lowest BCUT2D eigenvalue weighted by Gasteiger charge is -2.54. The molecule has 2 unspecified atom stereocenters. The third-order valence-electron chi connectivity index (χ3n) is 7.89. The van der Waals surface area contributed by atoms with Gasteiger partial charge in [0.05, 0.1) is 24.8 Å². The predicted octanol–water partition coefficient (Wildman–Crippen LogP) is 2.77. The molecule has 0 aliphatic carbocycles. The fraction of sp³-hybridized carbons (Fsp3) is 0.571. The van der Waals surface area contributed by atoms with Gasteiger partial charge in [-0.25, -0.2) is 4.99 Å². The van der Waals surface area contributed by atoms with Crippen LogP contribution in [-0.4, -0.2) is 49.9 Å². The van der Waals surface area contributed by atoms with Crippen LogP contribution >= 0.6 is 0 Å². The van der Waals surface area contributed by atoms with E-state index in [0.717, 1.165) is 54.0 Å². The van der Waals surface area contributed by atoms with Crippen molar-refractivity contribution in [2.75, 3.05) is 27.1 Å². The Morgan fingerprint density at radius 1 is 1.33 bits per heavy atom. The van der Waals surface area contributed by atoms with Crippen LogP contribution in [-0.2, 0) is 10.2 Å². The van der Waals surface area contributed by atoms with Crippen molar-refractivity contribution in [3.8, 4) is 17.2 Å². The van der Waals surface area contributed by atoms with Gasteiger partial charge in [0.2, 0.25) is 18.4 Å². The molecule has 5 bridgehead atoms. The summed E-state index contributed by atoms with van der Waals surface area (Å²) in [5.41, 5.74) is 3.46. The second kappa shape index (κ2) is 4.61. The maximum atomic E-state index is 6.40. The summed E-state index contributed by atoms with van der Waals surface area (Å²) in [4.78, 5) is 7.70. The summed E-state index contributed by atoms with van der Waals surface area (Å²) >= 11 is 0. The average Bonchev–Trinajstić information content (AvgIpc) is 3.30.